The van der Waals surface area contributed by atoms with E-state index in [1.165, 1.54) is 116 Å². The summed E-state index contributed by atoms with van der Waals surface area (Å²) in [5, 5.41) is 62.9. The molecule has 0 spiro atoms. The van der Waals surface area contributed by atoms with Crippen LogP contribution in [-0.4, -0.2) is 97.1 Å². The van der Waals surface area contributed by atoms with Gasteiger partial charge < -0.3 is 52.1 Å². The van der Waals surface area contributed by atoms with Gasteiger partial charge in [-0.1, -0.05) is 60.7 Å². The zero-order chi connectivity index (χ0) is 49.3. The number of amides is 7. The van der Waals surface area contributed by atoms with Crippen LogP contribution >= 0.6 is 0 Å². The van der Waals surface area contributed by atoms with Gasteiger partial charge in [0.25, 0.3) is 5.91 Å². The summed E-state index contributed by atoms with van der Waals surface area (Å²) in [6, 6.07) is 22.3. The third kappa shape index (κ3) is 16.1. The summed E-state index contributed by atoms with van der Waals surface area (Å²) in [5.74, 6) is -5.60. The second-order valence-corrected chi connectivity index (χ2v) is 16.0. The minimum atomic E-state index is -1.47. The standard InChI is InChI=1S/C49H53N7O12/c1-28(57)50-40(23-30-3-13-35(59)14-4-30)45(64)51-41(24-31-5-15-36(60)16-6-31)46(65)52-42(25-32-7-17-37(61)18-8-32)47(66)53-43(26-33-9-19-38(62)20-10-33)48(67)54-44(49(68)56-55-29(2)58)27-34-11-21-39(63)22-12-34/h3-22,40-44,59-63H,23-27H2,1-2H3,(H,50,57)(H,51,64)(H,52,65)(H,53,66)(H,54,67)(H,55,58)(H,56,68)/t40-,41-,42-,43-,44-/m0/s1. The first-order valence-electron chi connectivity index (χ1n) is 21.3. The average Bonchev–Trinajstić information content (AvgIpc) is 3.30. The lowest BCUT2D eigenvalue weighted by molar-refractivity contribution is -0.135. The first-order valence-corrected chi connectivity index (χ1v) is 21.3. The van der Waals surface area contributed by atoms with E-state index in [0.29, 0.717) is 27.8 Å². The van der Waals surface area contributed by atoms with Crippen molar-refractivity contribution in [3.8, 4) is 28.7 Å². The number of hydrogen-bond acceptors (Lipinski definition) is 12. The molecule has 19 heteroatoms. The topological polar surface area (TPSA) is 305 Å². The number of benzene rings is 5. The summed E-state index contributed by atoms with van der Waals surface area (Å²) in [5.41, 5.74) is 6.94. The SMILES string of the molecule is CC(=O)NNC(=O)[C@H](Cc1ccc(O)cc1)NC(=O)[C@H](Cc1ccc(O)cc1)NC(=O)[C@H](Cc1ccc(O)cc1)NC(=O)[C@H](Cc1ccc(O)cc1)NC(=O)[C@H](Cc1ccc(O)cc1)NC(C)=O. The highest BCUT2D eigenvalue weighted by Gasteiger charge is 2.33. The van der Waals surface area contributed by atoms with Gasteiger partial charge >= 0.3 is 0 Å². The molecule has 12 N–H and O–H groups in total. The summed E-state index contributed by atoms with van der Waals surface area (Å²) < 4.78 is 0. The van der Waals surface area contributed by atoms with E-state index < -0.39 is 71.6 Å². The van der Waals surface area contributed by atoms with Crippen LogP contribution in [0.4, 0.5) is 0 Å². The van der Waals surface area contributed by atoms with Crippen LogP contribution in [0.2, 0.25) is 0 Å². The molecule has 5 atom stereocenters. The third-order valence-electron chi connectivity index (χ3n) is 10.5. The van der Waals surface area contributed by atoms with E-state index in [9.17, 15) is 59.1 Å². The molecule has 68 heavy (non-hydrogen) atoms. The van der Waals surface area contributed by atoms with E-state index in [2.05, 4.69) is 37.4 Å². The fourth-order valence-electron chi connectivity index (χ4n) is 6.96. The molecule has 0 bridgehead atoms. The van der Waals surface area contributed by atoms with Gasteiger partial charge in [0.05, 0.1) is 0 Å². The number of phenolic OH excluding ortho intramolecular Hbond substituents is 5. The molecule has 0 saturated heterocycles. The molecular weight excluding hydrogens is 879 g/mol. The highest BCUT2D eigenvalue weighted by atomic mass is 16.3. The van der Waals surface area contributed by atoms with E-state index in [1.807, 2.05) is 0 Å². The minimum absolute atomic E-state index is 0.0148. The molecule has 5 rings (SSSR count). The van der Waals surface area contributed by atoms with Crippen LogP contribution in [0.25, 0.3) is 0 Å². The molecule has 19 nitrogen and oxygen atoms in total. The highest BCUT2D eigenvalue weighted by Crippen LogP contribution is 2.18. The Morgan fingerprint density at radius 3 is 0.721 bits per heavy atom. The second-order valence-electron chi connectivity index (χ2n) is 16.0. The highest BCUT2D eigenvalue weighted by molar-refractivity contribution is 5.97. The van der Waals surface area contributed by atoms with Crippen molar-refractivity contribution in [2.45, 2.75) is 76.2 Å². The van der Waals surface area contributed by atoms with E-state index in [-0.39, 0.29) is 60.9 Å². The van der Waals surface area contributed by atoms with E-state index in [4.69, 9.17) is 0 Å². The molecule has 0 radical (unpaired) electrons. The van der Waals surface area contributed by atoms with Crippen molar-refractivity contribution in [1.82, 2.24) is 37.4 Å². The van der Waals surface area contributed by atoms with Gasteiger partial charge in [-0.05, 0) is 88.5 Å². The van der Waals surface area contributed by atoms with Crippen LogP contribution in [0.15, 0.2) is 121 Å². The third-order valence-corrected chi connectivity index (χ3v) is 10.5. The number of phenols is 5. The summed E-state index contributed by atoms with van der Waals surface area (Å²) in [7, 11) is 0. The predicted octanol–water partition coefficient (Wildman–Crippen LogP) is 1.34. The van der Waals surface area contributed by atoms with Gasteiger partial charge in [0.15, 0.2) is 0 Å². The number of carbonyl (C=O) groups excluding carboxylic acids is 7. The summed E-state index contributed by atoms with van der Waals surface area (Å²) in [6.45, 7) is 2.38. The molecule has 0 aromatic heterocycles. The lowest BCUT2D eigenvalue weighted by Gasteiger charge is -2.27. The van der Waals surface area contributed by atoms with Crippen molar-refractivity contribution in [2.75, 3.05) is 0 Å². The fraction of sp³-hybridized carbons (Fsp3) is 0.245. The monoisotopic (exact) mass is 931 g/mol. The van der Waals surface area contributed by atoms with Gasteiger partial charge in [-0.3, -0.25) is 44.4 Å². The van der Waals surface area contributed by atoms with Crippen molar-refractivity contribution in [1.29, 1.82) is 0 Å². The number of nitrogens with one attached hydrogen (secondary N) is 7. The number of carbonyl (C=O) groups is 7. The summed E-state index contributed by atoms with van der Waals surface area (Å²) >= 11 is 0. The van der Waals surface area contributed by atoms with Gasteiger partial charge in [0.1, 0.15) is 59.0 Å². The Kier molecular flexibility index (Phi) is 17.8. The Morgan fingerprint density at radius 2 is 0.515 bits per heavy atom. The quantitative estimate of drug-likeness (QED) is 0.0493. The molecule has 0 aliphatic rings. The molecule has 0 fully saturated rings. The zero-order valence-corrected chi connectivity index (χ0v) is 37.1. The Bertz CT molecular complexity index is 2540. The normalized spacial score (nSPS) is 13.0. The smallest absolute Gasteiger partial charge is 0.261 e. The van der Waals surface area contributed by atoms with Crippen LogP contribution in [0, 0.1) is 0 Å². The largest absolute Gasteiger partial charge is 0.508 e. The first-order chi connectivity index (χ1) is 32.4. The first kappa shape index (κ1) is 50.4. The maximum Gasteiger partial charge on any atom is 0.261 e. The van der Waals surface area contributed by atoms with E-state index in [1.54, 1.807) is 12.1 Å². The molecule has 0 aliphatic heterocycles. The maximum atomic E-state index is 14.6. The Labute approximate surface area is 391 Å². The van der Waals surface area contributed by atoms with Crippen molar-refractivity contribution in [2.24, 2.45) is 0 Å². The Morgan fingerprint density at radius 1 is 0.309 bits per heavy atom. The molecule has 0 heterocycles. The molecule has 356 valence electrons. The predicted molar refractivity (Wildman–Crippen MR) is 246 cm³/mol. The number of hydrogen-bond donors (Lipinski definition) is 12. The van der Waals surface area contributed by atoms with Crippen molar-refractivity contribution in [3.05, 3.63) is 149 Å². The van der Waals surface area contributed by atoms with Crippen LogP contribution in [0.1, 0.15) is 41.7 Å². The van der Waals surface area contributed by atoms with E-state index >= 15 is 0 Å². The molecule has 0 unspecified atom stereocenters. The van der Waals surface area contributed by atoms with Gasteiger partial charge in [0.2, 0.25) is 35.4 Å². The van der Waals surface area contributed by atoms with Gasteiger partial charge in [-0.2, -0.15) is 0 Å². The van der Waals surface area contributed by atoms with Gasteiger partial charge in [-0.15, -0.1) is 0 Å². The van der Waals surface area contributed by atoms with Crippen LogP contribution < -0.4 is 37.4 Å². The van der Waals surface area contributed by atoms with Gasteiger partial charge in [0, 0.05) is 46.0 Å². The van der Waals surface area contributed by atoms with Gasteiger partial charge in [-0.25, -0.2) is 0 Å². The maximum absolute atomic E-state index is 14.6. The van der Waals surface area contributed by atoms with Crippen molar-refractivity contribution in [3.63, 3.8) is 0 Å². The molecular formula is C49H53N7O12. The molecule has 5 aromatic carbocycles. The zero-order valence-electron chi connectivity index (χ0n) is 37.1. The van der Waals surface area contributed by atoms with Crippen molar-refractivity contribution >= 4 is 41.4 Å². The van der Waals surface area contributed by atoms with Crippen LogP contribution in [0.3, 0.4) is 0 Å². The summed E-state index contributed by atoms with van der Waals surface area (Å²) in [4.78, 5) is 94.8. The second kappa shape index (κ2) is 24.1. The number of aromatic hydroxyl groups is 5. The lowest BCUT2D eigenvalue weighted by atomic mass is 9.99. The molecule has 0 saturated carbocycles. The Hall–Kier alpha value is -8.61. The average molecular weight is 932 g/mol. The van der Waals surface area contributed by atoms with Crippen molar-refractivity contribution < 1.29 is 59.1 Å². The summed E-state index contributed by atoms with van der Waals surface area (Å²) in [6.07, 6.45) is -0.708. The van der Waals surface area contributed by atoms with Crippen LogP contribution in [-0.2, 0) is 65.7 Å². The number of rotatable bonds is 20. The minimum Gasteiger partial charge on any atom is -0.508 e. The Balaban J connectivity index is 1.47. The number of hydrazine groups is 1. The molecule has 7 amide bonds. The van der Waals surface area contributed by atoms with Crippen LogP contribution in [0.5, 0.6) is 28.7 Å². The van der Waals surface area contributed by atoms with E-state index in [0.717, 1.165) is 6.92 Å². The molecule has 0 aliphatic carbocycles. The fourth-order valence-corrected chi connectivity index (χ4v) is 6.96. The molecule has 5 aromatic rings. The lowest BCUT2D eigenvalue weighted by Crippen LogP contribution is -2.60.